The van der Waals surface area contributed by atoms with Crippen LogP contribution in [0.15, 0.2) is 0 Å². The van der Waals surface area contributed by atoms with Crippen LogP contribution in [0.5, 0.6) is 0 Å². The van der Waals surface area contributed by atoms with E-state index < -0.39 is 30.8 Å². The topological polar surface area (TPSA) is 116 Å². The van der Waals surface area contributed by atoms with E-state index in [9.17, 15) is 20.1 Å². The van der Waals surface area contributed by atoms with Gasteiger partial charge in [0, 0.05) is 6.54 Å². The van der Waals surface area contributed by atoms with Crippen LogP contribution in [-0.4, -0.2) is 53.1 Å². The summed E-state index contributed by atoms with van der Waals surface area (Å²) in [7, 11) is 0. The van der Waals surface area contributed by atoms with Gasteiger partial charge >= 0.3 is 0 Å². The summed E-state index contributed by atoms with van der Waals surface area (Å²) in [5, 5.41) is 30.2. The highest BCUT2D eigenvalue weighted by atomic mass is 16.3. The molecule has 0 saturated heterocycles. The number of rotatable bonds is 6. The molecule has 0 spiro atoms. The molecule has 0 radical (unpaired) electrons. The van der Waals surface area contributed by atoms with Crippen molar-refractivity contribution in [2.24, 2.45) is 11.1 Å². The second-order valence-electron chi connectivity index (χ2n) is 5.25. The van der Waals surface area contributed by atoms with E-state index in [4.69, 9.17) is 5.73 Å². The lowest BCUT2D eigenvalue weighted by Gasteiger charge is -2.38. The summed E-state index contributed by atoms with van der Waals surface area (Å²) >= 11 is 0. The highest BCUT2D eigenvalue weighted by Crippen LogP contribution is 2.35. The van der Waals surface area contributed by atoms with E-state index in [-0.39, 0.29) is 12.5 Å². The van der Waals surface area contributed by atoms with Crippen LogP contribution in [0, 0.1) is 5.41 Å². The number of nitrogens with two attached hydrogens (primary N) is 1. The average molecular weight is 260 g/mol. The third-order valence-corrected chi connectivity index (χ3v) is 3.97. The van der Waals surface area contributed by atoms with Crippen molar-refractivity contribution in [1.29, 1.82) is 0 Å². The summed E-state index contributed by atoms with van der Waals surface area (Å²) in [6, 6.07) is 0. The van der Waals surface area contributed by atoms with Crippen molar-refractivity contribution in [3.8, 4) is 0 Å². The van der Waals surface area contributed by atoms with E-state index in [1.165, 1.54) is 0 Å². The Hall–Kier alpha value is -0.690. The van der Waals surface area contributed by atoms with Crippen molar-refractivity contribution >= 4 is 5.91 Å². The number of hydrogen-bond acceptors (Lipinski definition) is 5. The highest BCUT2D eigenvalue weighted by Gasteiger charge is 2.42. The van der Waals surface area contributed by atoms with Gasteiger partial charge in [0.05, 0.1) is 25.2 Å². The number of carbonyl (C=O) groups is 1. The first kappa shape index (κ1) is 15.4. The Morgan fingerprint density at radius 2 is 1.61 bits per heavy atom. The van der Waals surface area contributed by atoms with E-state index in [1.54, 1.807) is 0 Å². The number of aliphatic hydroxyl groups excluding tert-OH is 3. The monoisotopic (exact) mass is 260 g/mol. The van der Waals surface area contributed by atoms with E-state index in [1.807, 2.05) is 0 Å². The smallest absolute Gasteiger partial charge is 0.228 e. The maximum absolute atomic E-state index is 12.3. The van der Waals surface area contributed by atoms with Crippen molar-refractivity contribution in [2.75, 3.05) is 26.4 Å². The van der Waals surface area contributed by atoms with E-state index in [2.05, 4.69) is 5.32 Å². The summed E-state index contributed by atoms with van der Waals surface area (Å²) in [6.07, 6.45) is 4.44. The molecule has 0 atom stereocenters. The van der Waals surface area contributed by atoms with Crippen molar-refractivity contribution in [2.45, 2.75) is 37.6 Å². The maximum atomic E-state index is 12.3. The van der Waals surface area contributed by atoms with Crippen LogP contribution < -0.4 is 11.1 Å². The molecule has 0 aliphatic heterocycles. The third kappa shape index (κ3) is 3.00. The molecule has 1 rings (SSSR count). The minimum atomic E-state index is -1.36. The van der Waals surface area contributed by atoms with Gasteiger partial charge in [-0.3, -0.25) is 4.79 Å². The van der Waals surface area contributed by atoms with Crippen molar-refractivity contribution < 1.29 is 20.1 Å². The average Bonchev–Trinajstić information content (AvgIpc) is 2.45. The van der Waals surface area contributed by atoms with Gasteiger partial charge in [-0.05, 0) is 12.8 Å². The number of hydrogen-bond donors (Lipinski definition) is 5. The SMILES string of the molecule is NCC1(C(=O)NC(CO)(CO)CO)CCCCC1. The number of carbonyl (C=O) groups excluding carboxylic acids is 1. The summed E-state index contributed by atoms with van der Waals surface area (Å²) in [6.45, 7) is -1.28. The van der Waals surface area contributed by atoms with Crippen molar-refractivity contribution in [3.63, 3.8) is 0 Å². The molecule has 0 aromatic heterocycles. The van der Waals surface area contributed by atoms with Gasteiger partial charge in [0.2, 0.25) is 5.91 Å². The molecule has 0 bridgehead atoms. The second-order valence-corrected chi connectivity index (χ2v) is 5.25. The van der Waals surface area contributed by atoms with Gasteiger partial charge in [-0.25, -0.2) is 0 Å². The Balaban J connectivity index is 2.78. The summed E-state index contributed by atoms with van der Waals surface area (Å²) < 4.78 is 0. The second kappa shape index (κ2) is 6.47. The molecule has 1 fully saturated rings. The van der Waals surface area contributed by atoms with E-state index >= 15 is 0 Å². The molecular weight excluding hydrogens is 236 g/mol. The first-order chi connectivity index (χ1) is 8.58. The lowest BCUT2D eigenvalue weighted by molar-refractivity contribution is -0.136. The quantitative estimate of drug-likeness (QED) is 0.408. The molecule has 106 valence electrons. The maximum Gasteiger partial charge on any atom is 0.228 e. The van der Waals surface area contributed by atoms with Crippen LogP contribution in [0.1, 0.15) is 32.1 Å². The molecule has 1 saturated carbocycles. The fourth-order valence-corrected chi connectivity index (χ4v) is 2.39. The molecule has 0 aromatic rings. The lowest BCUT2D eigenvalue weighted by atomic mass is 9.73. The molecule has 1 aliphatic rings. The Morgan fingerprint density at radius 3 is 2.00 bits per heavy atom. The van der Waals surface area contributed by atoms with Crippen LogP contribution in [-0.2, 0) is 4.79 Å². The number of nitrogens with one attached hydrogen (secondary N) is 1. The third-order valence-electron chi connectivity index (χ3n) is 3.97. The predicted molar refractivity (Wildman–Crippen MR) is 66.7 cm³/mol. The zero-order valence-corrected chi connectivity index (χ0v) is 10.7. The molecule has 0 aromatic carbocycles. The van der Waals surface area contributed by atoms with Gasteiger partial charge in [0.1, 0.15) is 5.54 Å². The van der Waals surface area contributed by atoms with Gasteiger partial charge in [-0.15, -0.1) is 0 Å². The molecule has 6 heteroatoms. The molecule has 6 nitrogen and oxygen atoms in total. The van der Waals surface area contributed by atoms with Crippen LogP contribution in [0.2, 0.25) is 0 Å². The predicted octanol–water partition coefficient (Wildman–Crippen LogP) is -1.27. The van der Waals surface area contributed by atoms with Gasteiger partial charge in [-0.2, -0.15) is 0 Å². The first-order valence-corrected chi connectivity index (χ1v) is 6.43. The zero-order chi connectivity index (χ0) is 13.6. The first-order valence-electron chi connectivity index (χ1n) is 6.43. The summed E-state index contributed by atoms with van der Waals surface area (Å²) in [5.74, 6) is -0.276. The molecule has 0 unspecified atom stereocenters. The van der Waals surface area contributed by atoms with E-state index in [0.29, 0.717) is 12.8 Å². The Bertz CT molecular complexity index is 265. The largest absolute Gasteiger partial charge is 0.394 e. The molecular formula is C12H24N2O4. The normalized spacial score (nSPS) is 19.6. The van der Waals surface area contributed by atoms with Crippen LogP contribution in [0.25, 0.3) is 0 Å². The Labute approximate surface area is 107 Å². The fraction of sp³-hybridized carbons (Fsp3) is 0.917. The van der Waals surface area contributed by atoms with E-state index in [0.717, 1.165) is 19.3 Å². The molecule has 18 heavy (non-hydrogen) atoms. The van der Waals surface area contributed by atoms with Crippen molar-refractivity contribution in [1.82, 2.24) is 5.32 Å². The fourth-order valence-electron chi connectivity index (χ4n) is 2.39. The van der Waals surface area contributed by atoms with Gasteiger partial charge < -0.3 is 26.4 Å². The van der Waals surface area contributed by atoms with Gasteiger partial charge in [0.25, 0.3) is 0 Å². The summed E-state index contributed by atoms with van der Waals surface area (Å²) in [4.78, 5) is 12.3. The van der Waals surface area contributed by atoms with Crippen LogP contribution in [0.4, 0.5) is 0 Å². The zero-order valence-electron chi connectivity index (χ0n) is 10.7. The van der Waals surface area contributed by atoms with Gasteiger partial charge in [-0.1, -0.05) is 19.3 Å². The Morgan fingerprint density at radius 1 is 1.11 bits per heavy atom. The molecule has 1 amide bonds. The van der Waals surface area contributed by atoms with Crippen LogP contribution in [0.3, 0.4) is 0 Å². The van der Waals surface area contributed by atoms with Crippen molar-refractivity contribution in [3.05, 3.63) is 0 Å². The van der Waals surface area contributed by atoms with Gasteiger partial charge in [0.15, 0.2) is 0 Å². The molecule has 1 aliphatic carbocycles. The highest BCUT2D eigenvalue weighted by molar-refractivity contribution is 5.83. The number of amides is 1. The summed E-state index contributed by atoms with van der Waals surface area (Å²) in [5.41, 5.74) is 3.75. The molecule has 6 N–H and O–H groups in total. The Kier molecular flexibility index (Phi) is 5.52. The van der Waals surface area contributed by atoms with Crippen LogP contribution >= 0.6 is 0 Å². The minimum absolute atomic E-state index is 0.247. The minimum Gasteiger partial charge on any atom is -0.394 e. The standard InChI is InChI=1S/C12H24N2O4/c13-6-11(4-2-1-3-5-11)10(18)14-12(7-15,8-16)9-17/h15-17H,1-9,13H2,(H,14,18). The number of aliphatic hydroxyl groups is 3. The lowest BCUT2D eigenvalue weighted by Crippen LogP contribution is -2.61. The molecule has 0 heterocycles.